The highest BCUT2D eigenvalue weighted by Gasteiger charge is 2.14. The number of amides is 2. The van der Waals surface area contributed by atoms with Crippen LogP contribution in [0.2, 0.25) is 0 Å². The largest absolute Gasteiger partial charge is 0.416 e. The molecule has 0 fully saturated rings. The molecule has 30 heavy (non-hydrogen) atoms. The molecule has 1 aromatic carbocycles. The number of carbonyl (C=O) groups is 2. The number of carbonyl (C=O) groups excluding carboxylic acids is 2. The molecule has 0 saturated carbocycles. The molecule has 12 heteroatoms. The Hall–Kier alpha value is -3.67. The van der Waals surface area contributed by atoms with Gasteiger partial charge in [-0.2, -0.15) is 0 Å². The van der Waals surface area contributed by atoms with Crippen LogP contribution in [0, 0.1) is 6.92 Å². The quantitative estimate of drug-likeness (QED) is 0.404. The second-order valence-corrected chi connectivity index (χ2v) is 7.18. The van der Waals surface area contributed by atoms with Gasteiger partial charge in [0.05, 0.1) is 12.2 Å². The van der Waals surface area contributed by atoms with E-state index < -0.39 is 11.2 Å². The van der Waals surface area contributed by atoms with Crippen molar-refractivity contribution in [2.45, 2.75) is 25.5 Å². The molecule has 2 heterocycles. The number of anilines is 2. The molecule has 0 atom stereocenters. The van der Waals surface area contributed by atoms with Crippen LogP contribution in [0.5, 0.6) is 0 Å². The van der Waals surface area contributed by atoms with E-state index in [1.807, 2.05) is 0 Å². The lowest BCUT2D eigenvalue weighted by atomic mass is 10.2. The number of benzene rings is 1. The van der Waals surface area contributed by atoms with Crippen molar-refractivity contribution >= 4 is 35.0 Å². The predicted octanol–water partition coefficient (Wildman–Crippen LogP) is 1.03. The third-order valence-electron chi connectivity index (χ3n) is 3.82. The summed E-state index contributed by atoms with van der Waals surface area (Å²) in [7, 11) is 0. The summed E-state index contributed by atoms with van der Waals surface area (Å²) in [5.41, 5.74) is 0.720. The molecule has 0 aliphatic rings. The molecule has 0 spiro atoms. The van der Waals surface area contributed by atoms with Crippen molar-refractivity contribution in [3.63, 3.8) is 0 Å². The smallest absolute Gasteiger partial charge is 0.325 e. The number of rotatable bonds is 7. The lowest BCUT2D eigenvalue weighted by molar-refractivity contribution is -0.114. The van der Waals surface area contributed by atoms with E-state index in [4.69, 9.17) is 4.42 Å². The molecule has 4 N–H and O–H groups in total. The summed E-state index contributed by atoms with van der Waals surface area (Å²) in [4.78, 5) is 51.1. The minimum atomic E-state index is -0.586. The Balaban J connectivity index is 1.57. The Morgan fingerprint density at radius 2 is 1.87 bits per heavy atom. The van der Waals surface area contributed by atoms with Gasteiger partial charge in [-0.3, -0.25) is 19.4 Å². The number of thioether (sulfide) groups is 1. The summed E-state index contributed by atoms with van der Waals surface area (Å²) in [6.45, 7) is 3.00. The third-order valence-corrected chi connectivity index (χ3v) is 4.64. The van der Waals surface area contributed by atoms with Gasteiger partial charge >= 0.3 is 5.69 Å². The zero-order valence-corrected chi connectivity index (χ0v) is 16.9. The number of H-pyrrole nitrogens is 2. The maximum atomic E-state index is 12.2. The zero-order valence-electron chi connectivity index (χ0n) is 16.1. The highest BCUT2D eigenvalue weighted by molar-refractivity contribution is 7.99. The van der Waals surface area contributed by atoms with Crippen LogP contribution < -0.4 is 21.9 Å². The van der Waals surface area contributed by atoms with Gasteiger partial charge in [0.1, 0.15) is 0 Å². The van der Waals surface area contributed by atoms with E-state index in [0.717, 1.165) is 11.8 Å². The van der Waals surface area contributed by atoms with E-state index in [9.17, 15) is 19.2 Å². The molecule has 2 aromatic heterocycles. The van der Waals surface area contributed by atoms with Crippen molar-refractivity contribution in [2.24, 2.45) is 0 Å². The topological polar surface area (TPSA) is 163 Å². The lowest BCUT2D eigenvalue weighted by Crippen LogP contribution is -2.27. The number of nitrogens with one attached hydrogen (secondary N) is 4. The molecular weight excluding hydrogens is 412 g/mol. The van der Waals surface area contributed by atoms with Crippen molar-refractivity contribution in [1.82, 2.24) is 20.2 Å². The summed E-state index contributed by atoms with van der Waals surface area (Å²) in [5, 5.41) is 13.2. The SMILES string of the molecule is CC(=O)Nc1cccc(NC(=O)CSc2nnc(Cc3c(C)[nH]c(=O)[nH]c3=O)o2)c1. The fraction of sp³-hybridized carbons (Fsp3) is 0.222. The number of aromatic nitrogens is 4. The minimum absolute atomic E-state index is 0.0181. The first-order valence-corrected chi connectivity index (χ1v) is 9.73. The van der Waals surface area contributed by atoms with Crippen molar-refractivity contribution in [2.75, 3.05) is 16.4 Å². The van der Waals surface area contributed by atoms with E-state index in [0.29, 0.717) is 22.6 Å². The van der Waals surface area contributed by atoms with Gasteiger partial charge in [0, 0.05) is 29.6 Å². The summed E-state index contributed by atoms with van der Waals surface area (Å²) < 4.78 is 5.46. The number of aromatic amines is 2. The van der Waals surface area contributed by atoms with Crippen LogP contribution in [0.4, 0.5) is 11.4 Å². The van der Waals surface area contributed by atoms with E-state index in [1.54, 1.807) is 31.2 Å². The molecular formula is C18H18N6O5S. The first kappa shape index (κ1) is 21.0. The molecule has 3 aromatic rings. The summed E-state index contributed by atoms with van der Waals surface area (Å²) in [5.74, 6) is -0.306. The molecule has 2 amide bonds. The number of hydrogen-bond donors (Lipinski definition) is 4. The van der Waals surface area contributed by atoms with Crippen molar-refractivity contribution in [3.05, 3.63) is 62.3 Å². The molecule has 156 valence electrons. The average molecular weight is 430 g/mol. The predicted molar refractivity (Wildman–Crippen MR) is 110 cm³/mol. The van der Waals surface area contributed by atoms with Gasteiger partial charge < -0.3 is 20.0 Å². The second-order valence-electron chi connectivity index (χ2n) is 6.25. The van der Waals surface area contributed by atoms with Crippen molar-refractivity contribution in [1.29, 1.82) is 0 Å². The maximum Gasteiger partial charge on any atom is 0.325 e. The Labute approximate surface area is 173 Å². The van der Waals surface area contributed by atoms with E-state index >= 15 is 0 Å². The standard InChI is InChI=1S/C18H18N6O5S/c1-9-13(16(27)22-17(28)19-9)7-15-23-24-18(29-15)30-8-14(26)21-12-5-3-4-11(6-12)20-10(2)25/h3-6H,7-8H2,1-2H3,(H,20,25)(H,21,26)(H2,19,22,27,28). The summed E-state index contributed by atoms with van der Waals surface area (Å²) >= 11 is 1.04. The van der Waals surface area contributed by atoms with Gasteiger partial charge in [-0.15, -0.1) is 10.2 Å². The van der Waals surface area contributed by atoms with Crippen LogP contribution in [0.1, 0.15) is 24.1 Å². The van der Waals surface area contributed by atoms with E-state index in [-0.39, 0.29) is 35.1 Å². The van der Waals surface area contributed by atoms with Crippen LogP contribution in [0.3, 0.4) is 0 Å². The molecule has 0 radical (unpaired) electrons. The second kappa shape index (κ2) is 9.22. The monoisotopic (exact) mass is 430 g/mol. The van der Waals surface area contributed by atoms with Gasteiger partial charge in [0.15, 0.2) is 0 Å². The minimum Gasteiger partial charge on any atom is -0.416 e. The lowest BCUT2D eigenvalue weighted by Gasteiger charge is -2.07. The highest BCUT2D eigenvalue weighted by Crippen LogP contribution is 2.19. The Bertz CT molecular complexity index is 1200. The van der Waals surface area contributed by atoms with E-state index in [2.05, 4.69) is 30.8 Å². The molecule has 0 unspecified atom stereocenters. The van der Waals surface area contributed by atoms with Gasteiger partial charge in [0.2, 0.25) is 17.7 Å². The summed E-state index contributed by atoms with van der Waals surface area (Å²) in [6.07, 6.45) is 0.0493. The summed E-state index contributed by atoms with van der Waals surface area (Å²) in [6, 6.07) is 6.75. The number of nitrogens with zero attached hydrogens (tertiary/aromatic N) is 2. The van der Waals surface area contributed by atoms with Crippen LogP contribution >= 0.6 is 11.8 Å². The fourth-order valence-corrected chi connectivity index (χ4v) is 3.14. The Morgan fingerprint density at radius 3 is 2.57 bits per heavy atom. The van der Waals surface area contributed by atoms with Crippen LogP contribution in [-0.2, 0) is 16.0 Å². The Morgan fingerprint density at radius 1 is 1.13 bits per heavy atom. The average Bonchev–Trinajstić information content (AvgIpc) is 3.10. The first-order valence-electron chi connectivity index (χ1n) is 8.75. The normalized spacial score (nSPS) is 10.6. The van der Waals surface area contributed by atoms with Crippen LogP contribution in [-0.4, -0.2) is 37.7 Å². The van der Waals surface area contributed by atoms with E-state index in [1.165, 1.54) is 6.92 Å². The van der Waals surface area contributed by atoms with Crippen LogP contribution in [0.25, 0.3) is 0 Å². The van der Waals surface area contributed by atoms with Gasteiger partial charge in [-0.1, -0.05) is 17.8 Å². The molecule has 0 bridgehead atoms. The van der Waals surface area contributed by atoms with Gasteiger partial charge in [-0.05, 0) is 25.1 Å². The van der Waals surface area contributed by atoms with Gasteiger partial charge in [-0.25, -0.2) is 4.79 Å². The first-order chi connectivity index (χ1) is 14.3. The van der Waals surface area contributed by atoms with Crippen molar-refractivity contribution < 1.29 is 14.0 Å². The molecule has 3 rings (SSSR count). The molecule has 0 aliphatic carbocycles. The number of hydrogen-bond acceptors (Lipinski definition) is 8. The Kier molecular flexibility index (Phi) is 6.47. The highest BCUT2D eigenvalue weighted by atomic mass is 32.2. The van der Waals surface area contributed by atoms with Crippen LogP contribution in [0.15, 0.2) is 43.5 Å². The molecule has 0 aliphatic heterocycles. The zero-order chi connectivity index (χ0) is 21.7. The fourth-order valence-electron chi connectivity index (χ4n) is 2.56. The molecule has 0 saturated heterocycles. The van der Waals surface area contributed by atoms with Crippen molar-refractivity contribution in [3.8, 4) is 0 Å². The maximum absolute atomic E-state index is 12.2. The molecule has 11 nitrogen and oxygen atoms in total. The van der Waals surface area contributed by atoms with Gasteiger partial charge in [0.25, 0.3) is 10.8 Å². The number of aryl methyl sites for hydroxylation is 1. The third kappa shape index (κ3) is 5.67.